The second-order valence-electron chi connectivity index (χ2n) is 7.01. The minimum absolute atomic E-state index is 0.354. The smallest absolute Gasteiger partial charge is 0.325 e. The Morgan fingerprint density at radius 1 is 1.11 bits per heavy atom. The molecule has 2 aromatic rings. The standard InChI is InChI=1S/C21H22ClN3O3/c1-4-21(15-5-7-16(22)8-6-15)19(27)25(20(28)24-21)12-18(26)23-17-10-13(2)9-14(3)11-17/h5-11H,4,12H2,1-3H3,(H,23,26)(H,24,28). The van der Waals surface area contributed by atoms with Gasteiger partial charge in [-0.2, -0.15) is 0 Å². The van der Waals surface area contributed by atoms with Crippen LogP contribution in [-0.4, -0.2) is 29.3 Å². The van der Waals surface area contributed by atoms with Crippen molar-refractivity contribution >= 4 is 35.1 Å². The van der Waals surface area contributed by atoms with E-state index in [2.05, 4.69) is 10.6 Å². The molecule has 1 saturated heterocycles. The quantitative estimate of drug-likeness (QED) is 0.751. The molecule has 1 atom stereocenters. The Morgan fingerprint density at radius 2 is 1.71 bits per heavy atom. The van der Waals surface area contributed by atoms with E-state index >= 15 is 0 Å². The van der Waals surface area contributed by atoms with Crippen molar-refractivity contribution in [3.8, 4) is 0 Å². The number of hydrogen-bond donors (Lipinski definition) is 2. The first-order valence-electron chi connectivity index (χ1n) is 9.03. The summed E-state index contributed by atoms with van der Waals surface area (Å²) in [5.41, 5.74) is 2.10. The van der Waals surface area contributed by atoms with Crippen LogP contribution in [0.2, 0.25) is 5.02 Å². The molecule has 7 heteroatoms. The molecule has 0 aromatic heterocycles. The van der Waals surface area contributed by atoms with Crippen LogP contribution in [0.15, 0.2) is 42.5 Å². The Kier molecular flexibility index (Phi) is 5.42. The zero-order valence-corrected chi connectivity index (χ0v) is 16.8. The highest BCUT2D eigenvalue weighted by molar-refractivity contribution is 6.30. The second-order valence-corrected chi connectivity index (χ2v) is 7.45. The normalized spacial score (nSPS) is 18.9. The molecular formula is C21H22ClN3O3. The molecule has 0 aliphatic carbocycles. The van der Waals surface area contributed by atoms with Crippen molar-refractivity contribution in [2.75, 3.05) is 11.9 Å². The molecule has 0 radical (unpaired) electrons. The molecule has 0 bridgehead atoms. The lowest BCUT2D eigenvalue weighted by molar-refractivity contribution is -0.134. The molecule has 28 heavy (non-hydrogen) atoms. The summed E-state index contributed by atoms with van der Waals surface area (Å²) in [4.78, 5) is 39.0. The third-order valence-electron chi connectivity index (χ3n) is 4.85. The fraction of sp³-hybridized carbons (Fsp3) is 0.286. The molecule has 0 saturated carbocycles. The number of urea groups is 1. The number of aryl methyl sites for hydroxylation is 2. The van der Waals surface area contributed by atoms with Crippen LogP contribution in [0, 0.1) is 13.8 Å². The maximum absolute atomic E-state index is 13.1. The number of nitrogens with zero attached hydrogens (tertiary/aromatic N) is 1. The van der Waals surface area contributed by atoms with E-state index in [1.807, 2.05) is 39.0 Å². The van der Waals surface area contributed by atoms with Gasteiger partial charge in [-0.15, -0.1) is 0 Å². The number of benzene rings is 2. The van der Waals surface area contributed by atoms with Crippen molar-refractivity contribution < 1.29 is 14.4 Å². The molecule has 1 aliphatic heterocycles. The number of halogens is 1. The van der Waals surface area contributed by atoms with Gasteiger partial charge >= 0.3 is 6.03 Å². The summed E-state index contributed by atoms with van der Waals surface area (Å²) in [5, 5.41) is 6.05. The molecule has 2 N–H and O–H groups in total. The van der Waals surface area contributed by atoms with Crippen molar-refractivity contribution in [1.82, 2.24) is 10.2 Å². The van der Waals surface area contributed by atoms with Crippen LogP contribution >= 0.6 is 11.6 Å². The summed E-state index contributed by atoms with van der Waals surface area (Å²) in [6.07, 6.45) is 0.356. The maximum Gasteiger partial charge on any atom is 0.325 e. The Labute approximate surface area is 168 Å². The number of imide groups is 1. The molecule has 4 amide bonds. The summed E-state index contributed by atoms with van der Waals surface area (Å²) in [6.45, 7) is 5.32. The van der Waals surface area contributed by atoms with E-state index in [0.717, 1.165) is 16.0 Å². The topological polar surface area (TPSA) is 78.5 Å². The monoisotopic (exact) mass is 399 g/mol. The van der Waals surface area contributed by atoms with E-state index < -0.39 is 23.4 Å². The summed E-state index contributed by atoms with van der Waals surface area (Å²) in [5.74, 6) is -0.880. The Bertz CT molecular complexity index is 922. The van der Waals surface area contributed by atoms with Crippen molar-refractivity contribution in [3.05, 3.63) is 64.2 Å². The van der Waals surface area contributed by atoms with Gasteiger partial charge in [-0.1, -0.05) is 36.7 Å². The zero-order chi connectivity index (χ0) is 20.5. The van der Waals surface area contributed by atoms with E-state index in [0.29, 0.717) is 22.7 Å². The predicted octanol–water partition coefficient (Wildman–Crippen LogP) is 3.75. The van der Waals surface area contributed by atoms with Gasteiger partial charge in [0.1, 0.15) is 12.1 Å². The maximum atomic E-state index is 13.1. The predicted molar refractivity (Wildman–Crippen MR) is 108 cm³/mol. The molecular weight excluding hydrogens is 378 g/mol. The summed E-state index contributed by atoms with van der Waals surface area (Å²) in [7, 11) is 0. The van der Waals surface area contributed by atoms with Crippen molar-refractivity contribution in [3.63, 3.8) is 0 Å². The lowest BCUT2D eigenvalue weighted by Crippen LogP contribution is -2.44. The Hall–Kier alpha value is -2.86. The highest BCUT2D eigenvalue weighted by atomic mass is 35.5. The van der Waals surface area contributed by atoms with Gasteiger partial charge in [0.2, 0.25) is 5.91 Å². The van der Waals surface area contributed by atoms with E-state index in [9.17, 15) is 14.4 Å². The van der Waals surface area contributed by atoms with E-state index in [1.54, 1.807) is 24.3 Å². The van der Waals surface area contributed by atoms with Crippen LogP contribution in [0.5, 0.6) is 0 Å². The molecule has 6 nitrogen and oxygen atoms in total. The molecule has 1 heterocycles. The van der Waals surface area contributed by atoms with Gasteiger partial charge in [-0.3, -0.25) is 14.5 Å². The number of rotatable bonds is 5. The number of carbonyl (C=O) groups excluding carboxylic acids is 3. The van der Waals surface area contributed by atoms with Crippen LogP contribution in [-0.2, 0) is 15.1 Å². The minimum Gasteiger partial charge on any atom is -0.325 e. The SMILES string of the molecule is CCC1(c2ccc(Cl)cc2)NC(=O)N(CC(=O)Nc2cc(C)cc(C)c2)C1=O. The Morgan fingerprint density at radius 3 is 2.29 bits per heavy atom. The van der Waals surface area contributed by atoms with Gasteiger partial charge in [0.15, 0.2) is 0 Å². The highest BCUT2D eigenvalue weighted by Gasteiger charge is 2.51. The number of carbonyl (C=O) groups is 3. The first-order chi connectivity index (χ1) is 13.2. The number of amides is 4. The van der Waals surface area contributed by atoms with E-state index in [4.69, 9.17) is 11.6 Å². The molecule has 146 valence electrons. The third kappa shape index (κ3) is 3.73. The summed E-state index contributed by atoms with van der Waals surface area (Å²) >= 11 is 5.93. The Balaban J connectivity index is 1.79. The first kappa shape index (κ1) is 19.9. The van der Waals surface area contributed by atoms with E-state index in [1.165, 1.54) is 0 Å². The van der Waals surface area contributed by atoms with Crippen molar-refractivity contribution in [2.24, 2.45) is 0 Å². The largest absolute Gasteiger partial charge is 0.325 e. The number of anilines is 1. The van der Waals surface area contributed by atoms with Gasteiger partial charge in [0.05, 0.1) is 0 Å². The third-order valence-corrected chi connectivity index (χ3v) is 5.10. The van der Waals surface area contributed by atoms with Crippen molar-refractivity contribution in [2.45, 2.75) is 32.7 Å². The van der Waals surface area contributed by atoms with Crippen LogP contribution in [0.25, 0.3) is 0 Å². The van der Waals surface area contributed by atoms with Gasteiger partial charge in [-0.25, -0.2) is 4.79 Å². The average Bonchev–Trinajstić information content (AvgIpc) is 2.86. The van der Waals surface area contributed by atoms with E-state index in [-0.39, 0.29) is 6.54 Å². The molecule has 1 unspecified atom stereocenters. The first-order valence-corrected chi connectivity index (χ1v) is 9.41. The molecule has 1 aliphatic rings. The van der Waals surface area contributed by atoms with Crippen LogP contribution < -0.4 is 10.6 Å². The zero-order valence-electron chi connectivity index (χ0n) is 16.0. The van der Waals surface area contributed by atoms with Crippen LogP contribution in [0.4, 0.5) is 10.5 Å². The fourth-order valence-corrected chi connectivity index (χ4v) is 3.66. The van der Waals surface area contributed by atoms with Crippen molar-refractivity contribution in [1.29, 1.82) is 0 Å². The lowest BCUT2D eigenvalue weighted by atomic mass is 9.87. The molecule has 2 aromatic carbocycles. The van der Waals surface area contributed by atoms with Gasteiger partial charge in [0, 0.05) is 10.7 Å². The van der Waals surface area contributed by atoms with Gasteiger partial charge < -0.3 is 10.6 Å². The minimum atomic E-state index is -1.19. The van der Waals surface area contributed by atoms with Gasteiger partial charge in [0.25, 0.3) is 5.91 Å². The average molecular weight is 400 g/mol. The summed E-state index contributed by atoms with van der Waals surface area (Å²) < 4.78 is 0. The molecule has 0 spiro atoms. The van der Waals surface area contributed by atoms with Gasteiger partial charge in [-0.05, 0) is 61.2 Å². The molecule has 1 fully saturated rings. The lowest BCUT2D eigenvalue weighted by Gasteiger charge is -2.25. The second kappa shape index (κ2) is 7.64. The van der Waals surface area contributed by atoms with Crippen LogP contribution in [0.1, 0.15) is 30.0 Å². The number of nitrogens with one attached hydrogen (secondary N) is 2. The summed E-state index contributed by atoms with van der Waals surface area (Å²) in [6, 6.07) is 11.8. The van der Waals surface area contributed by atoms with Crippen LogP contribution in [0.3, 0.4) is 0 Å². The molecule has 3 rings (SSSR count). The number of hydrogen-bond acceptors (Lipinski definition) is 3. The fourth-order valence-electron chi connectivity index (χ4n) is 3.53. The highest BCUT2D eigenvalue weighted by Crippen LogP contribution is 2.33.